The van der Waals surface area contributed by atoms with E-state index in [1.54, 1.807) is 0 Å². The second kappa shape index (κ2) is 4.64. The molecule has 1 saturated heterocycles. The molecule has 0 saturated carbocycles. The number of nitrogens with one attached hydrogen (secondary N) is 1. The molecule has 1 aliphatic rings. The van der Waals surface area contributed by atoms with Crippen molar-refractivity contribution < 1.29 is 4.74 Å². The largest absolute Gasteiger partial charge is 0.375 e. The Bertz CT molecular complexity index is 345. The van der Waals surface area contributed by atoms with Gasteiger partial charge in [0, 0.05) is 11.0 Å². The fraction of sp³-hybridized carbons (Fsp3) is 0.500. The number of rotatable bonds is 1. The fourth-order valence-corrected chi connectivity index (χ4v) is 2.39. The third kappa shape index (κ3) is 2.60. The van der Waals surface area contributed by atoms with Crippen molar-refractivity contribution in [3.05, 3.63) is 33.8 Å². The van der Waals surface area contributed by atoms with E-state index in [2.05, 4.69) is 53.3 Å². The predicted molar refractivity (Wildman–Crippen MR) is 65.0 cm³/mol. The first-order chi connectivity index (χ1) is 7.16. The van der Waals surface area contributed by atoms with E-state index >= 15 is 0 Å². The van der Waals surface area contributed by atoms with E-state index in [1.807, 2.05) is 0 Å². The SMILES string of the molecule is Cc1cc(Br)ccc1[C@@H]1CO[C@@H](C)CN1. The molecule has 0 unspecified atom stereocenters. The van der Waals surface area contributed by atoms with E-state index in [9.17, 15) is 0 Å². The van der Waals surface area contributed by atoms with Crippen LogP contribution in [-0.2, 0) is 4.74 Å². The molecular weight excluding hydrogens is 254 g/mol. The summed E-state index contributed by atoms with van der Waals surface area (Å²) in [6.45, 7) is 5.93. The third-order valence-corrected chi connectivity index (χ3v) is 3.30. The lowest BCUT2D eigenvalue weighted by atomic mass is 10.0. The summed E-state index contributed by atoms with van der Waals surface area (Å²) >= 11 is 3.48. The summed E-state index contributed by atoms with van der Waals surface area (Å²) in [5.41, 5.74) is 2.64. The molecule has 0 aliphatic carbocycles. The zero-order valence-electron chi connectivity index (χ0n) is 9.09. The van der Waals surface area contributed by atoms with Crippen LogP contribution in [-0.4, -0.2) is 19.3 Å². The van der Waals surface area contributed by atoms with Crippen molar-refractivity contribution in [1.29, 1.82) is 0 Å². The molecule has 0 bridgehead atoms. The molecule has 2 nitrogen and oxygen atoms in total. The highest BCUT2D eigenvalue weighted by molar-refractivity contribution is 9.10. The van der Waals surface area contributed by atoms with Crippen LogP contribution >= 0.6 is 15.9 Å². The smallest absolute Gasteiger partial charge is 0.0672 e. The quantitative estimate of drug-likeness (QED) is 0.847. The monoisotopic (exact) mass is 269 g/mol. The second-order valence-corrected chi connectivity index (χ2v) is 5.02. The van der Waals surface area contributed by atoms with Gasteiger partial charge < -0.3 is 10.1 Å². The Hall–Kier alpha value is -0.380. The van der Waals surface area contributed by atoms with Crippen molar-refractivity contribution in [3.8, 4) is 0 Å². The van der Waals surface area contributed by atoms with Crippen molar-refractivity contribution in [3.63, 3.8) is 0 Å². The molecule has 0 aromatic heterocycles. The van der Waals surface area contributed by atoms with Gasteiger partial charge in [0.05, 0.1) is 18.8 Å². The van der Waals surface area contributed by atoms with Gasteiger partial charge in [-0.25, -0.2) is 0 Å². The number of hydrogen-bond donors (Lipinski definition) is 1. The summed E-state index contributed by atoms with van der Waals surface area (Å²) in [7, 11) is 0. The van der Waals surface area contributed by atoms with Crippen molar-refractivity contribution in [2.75, 3.05) is 13.2 Å². The van der Waals surface area contributed by atoms with Gasteiger partial charge in [0.15, 0.2) is 0 Å². The molecular formula is C12H16BrNO. The van der Waals surface area contributed by atoms with Crippen molar-refractivity contribution in [1.82, 2.24) is 5.32 Å². The van der Waals surface area contributed by atoms with Gasteiger partial charge in [-0.2, -0.15) is 0 Å². The van der Waals surface area contributed by atoms with Crippen molar-refractivity contribution in [2.24, 2.45) is 0 Å². The number of ether oxygens (including phenoxy) is 1. The Kier molecular flexibility index (Phi) is 3.44. The number of halogens is 1. The summed E-state index contributed by atoms with van der Waals surface area (Å²) in [4.78, 5) is 0. The van der Waals surface area contributed by atoms with E-state index in [-0.39, 0.29) is 0 Å². The van der Waals surface area contributed by atoms with Crippen LogP contribution in [0.5, 0.6) is 0 Å². The van der Waals surface area contributed by atoms with Crippen LogP contribution in [0.2, 0.25) is 0 Å². The Labute approximate surface area is 99.1 Å². The van der Waals surface area contributed by atoms with Crippen LogP contribution in [0.4, 0.5) is 0 Å². The fourth-order valence-electron chi connectivity index (χ4n) is 1.92. The number of benzene rings is 1. The molecule has 1 N–H and O–H groups in total. The van der Waals surface area contributed by atoms with E-state index < -0.39 is 0 Å². The molecule has 2 atom stereocenters. The third-order valence-electron chi connectivity index (χ3n) is 2.81. The van der Waals surface area contributed by atoms with E-state index in [0.29, 0.717) is 12.1 Å². The molecule has 1 heterocycles. The first-order valence-electron chi connectivity index (χ1n) is 5.28. The molecule has 1 aliphatic heterocycles. The Balaban J connectivity index is 2.15. The number of aryl methyl sites for hydroxylation is 1. The standard InChI is InChI=1S/C12H16BrNO/c1-8-5-10(13)3-4-11(8)12-7-15-9(2)6-14-12/h3-5,9,12,14H,6-7H2,1-2H3/t9-,12-/m0/s1. The second-order valence-electron chi connectivity index (χ2n) is 4.11. The van der Waals surface area contributed by atoms with Gasteiger partial charge in [-0.3, -0.25) is 0 Å². The average molecular weight is 270 g/mol. The number of hydrogen-bond acceptors (Lipinski definition) is 2. The molecule has 0 amide bonds. The van der Waals surface area contributed by atoms with Crippen LogP contribution in [0.25, 0.3) is 0 Å². The molecule has 0 spiro atoms. The maximum absolute atomic E-state index is 5.66. The van der Waals surface area contributed by atoms with Gasteiger partial charge in [0.2, 0.25) is 0 Å². The maximum Gasteiger partial charge on any atom is 0.0672 e. The van der Waals surface area contributed by atoms with E-state index in [0.717, 1.165) is 17.6 Å². The van der Waals surface area contributed by atoms with Gasteiger partial charge >= 0.3 is 0 Å². The maximum atomic E-state index is 5.66. The highest BCUT2D eigenvalue weighted by Crippen LogP contribution is 2.23. The van der Waals surface area contributed by atoms with Crippen LogP contribution in [0.1, 0.15) is 24.1 Å². The Morgan fingerprint density at radius 1 is 1.47 bits per heavy atom. The summed E-state index contributed by atoms with van der Waals surface area (Å²) in [6, 6.07) is 6.74. The predicted octanol–water partition coefficient (Wildman–Crippen LogP) is 2.81. The van der Waals surface area contributed by atoms with Crippen molar-refractivity contribution >= 4 is 15.9 Å². The lowest BCUT2D eigenvalue weighted by molar-refractivity contribution is 0.0148. The Morgan fingerprint density at radius 3 is 2.87 bits per heavy atom. The van der Waals surface area contributed by atoms with Crippen LogP contribution in [0, 0.1) is 6.92 Å². The van der Waals surface area contributed by atoms with Gasteiger partial charge in [-0.05, 0) is 37.1 Å². The normalized spacial score (nSPS) is 26.6. The number of morpholine rings is 1. The van der Waals surface area contributed by atoms with Crippen molar-refractivity contribution in [2.45, 2.75) is 26.0 Å². The molecule has 3 heteroatoms. The van der Waals surface area contributed by atoms with E-state index in [4.69, 9.17) is 4.74 Å². The molecule has 2 rings (SSSR count). The highest BCUT2D eigenvalue weighted by Gasteiger charge is 2.20. The molecule has 1 fully saturated rings. The van der Waals surface area contributed by atoms with Crippen LogP contribution < -0.4 is 5.32 Å². The summed E-state index contributed by atoms with van der Waals surface area (Å²) in [5.74, 6) is 0. The first-order valence-corrected chi connectivity index (χ1v) is 6.07. The minimum Gasteiger partial charge on any atom is -0.375 e. The molecule has 1 aromatic rings. The molecule has 1 aromatic carbocycles. The topological polar surface area (TPSA) is 21.3 Å². The summed E-state index contributed by atoms with van der Waals surface area (Å²) in [5, 5.41) is 3.51. The molecule has 0 radical (unpaired) electrons. The van der Waals surface area contributed by atoms with E-state index in [1.165, 1.54) is 11.1 Å². The Morgan fingerprint density at radius 2 is 2.27 bits per heavy atom. The van der Waals surface area contributed by atoms with Gasteiger partial charge in [0.25, 0.3) is 0 Å². The van der Waals surface area contributed by atoms with Gasteiger partial charge in [0.1, 0.15) is 0 Å². The minimum absolute atomic E-state index is 0.331. The first kappa shape index (κ1) is 11.1. The highest BCUT2D eigenvalue weighted by atomic mass is 79.9. The lowest BCUT2D eigenvalue weighted by Gasteiger charge is -2.29. The lowest BCUT2D eigenvalue weighted by Crippen LogP contribution is -2.39. The molecule has 82 valence electrons. The zero-order chi connectivity index (χ0) is 10.8. The van der Waals surface area contributed by atoms with Crippen LogP contribution in [0.3, 0.4) is 0 Å². The average Bonchev–Trinajstić information content (AvgIpc) is 2.20. The summed E-state index contributed by atoms with van der Waals surface area (Å²) < 4.78 is 6.79. The molecule has 15 heavy (non-hydrogen) atoms. The van der Waals surface area contributed by atoms with Gasteiger partial charge in [-0.1, -0.05) is 22.0 Å². The summed E-state index contributed by atoms with van der Waals surface area (Å²) in [6.07, 6.45) is 0.331. The van der Waals surface area contributed by atoms with Gasteiger partial charge in [-0.15, -0.1) is 0 Å². The minimum atomic E-state index is 0.331. The zero-order valence-corrected chi connectivity index (χ0v) is 10.7. The van der Waals surface area contributed by atoms with Crippen LogP contribution in [0.15, 0.2) is 22.7 Å².